The third-order valence-corrected chi connectivity index (χ3v) is 5.23. The van der Waals surface area contributed by atoms with Crippen molar-refractivity contribution in [3.05, 3.63) is 59.4 Å². The first-order valence-electron chi connectivity index (χ1n) is 7.95. The van der Waals surface area contributed by atoms with Crippen molar-refractivity contribution in [3.8, 4) is 0 Å². The highest BCUT2D eigenvalue weighted by molar-refractivity contribution is 7.92. The molecular weight excluding hydrogens is 375 g/mol. The molecule has 7 nitrogen and oxygen atoms in total. The Kier molecular flexibility index (Phi) is 6.17. The SMILES string of the molecule is CNC(=O)[C@@H](C)OC(=O)c1ccc(C)c(S(=O)(=O)Nc2ccc(F)cc2)c1. The number of carbonyl (C=O) groups excluding carboxylic acids is 2. The van der Waals surface area contributed by atoms with Gasteiger partial charge in [-0.05, 0) is 55.8 Å². The minimum atomic E-state index is -4.02. The molecule has 2 aromatic carbocycles. The lowest BCUT2D eigenvalue weighted by Gasteiger charge is -2.14. The van der Waals surface area contributed by atoms with Gasteiger partial charge in [0, 0.05) is 12.7 Å². The minimum absolute atomic E-state index is 0.0177. The lowest BCUT2D eigenvalue weighted by Crippen LogP contribution is -2.33. The fourth-order valence-corrected chi connectivity index (χ4v) is 3.56. The van der Waals surface area contributed by atoms with Crippen LogP contribution in [0, 0.1) is 12.7 Å². The van der Waals surface area contributed by atoms with Gasteiger partial charge in [0.1, 0.15) is 5.82 Å². The molecule has 1 amide bonds. The fraction of sp³-hybridized carbons (Fsp3) is 0.222. The summed E-state index contributed by atoms with van der Waals surface area (Å²) >= 11 is 0. The maximum Gasteiger partial charge on any atom is 0.338 e. The van der Waals surface area contributed by atoms with Gasteiger partial charge in [-0.25, -0.2) is 17.6 Å². The summed E-state index contributed by atoms with van der Waals surface area (Å²) < 4.78 is 45.6. The Balaban J connectivity index is 2.29. The molecule has 0 spiro atoms. The number of rotatable bonds is 6. The molecule has 0 saturated heterocycles. The van der Waals surface area contributed by atoms with Gasteiger partial charge in [0.15, 0.2) is 6.10 Å². The zero-order valence-corrected chi connectivity index (χ0v) is 15.8. The Labute approximate surface area is 156 Å². The van der Waals surface area contributed by atoms with Gasteiger partial charge < -0.3 is 10.1 Å². The summed E-state index contributed by atoms with van der Waals surface area (Å²) in [5.74, 6) is -1.81. The number of carbonyl (C=O) groups is 2. The van der Waals surface area contributed by atoms with Crippen LogP contribution < -0.4 is 10.0 Å². The van der Waals surface area contributed by atoms with Crippen LogP contribution >= 0.6 is 0 Å². The van der Waals surface area contributed by atoms with Crippen LogP contribution in [-0.4, -0.2) is 33.4 Å². The Morgan fingerprint density at radius 3 is 2.33 bits per heavy atom. The van der Waals surface area contributed by atoms with Crippen molar-refractivity contribution < 1.29 is 27.1 Å². The van der Waals surface area contributed by atoms with Gasteiger partial charge in [0.25, 0.3) is 15.9 Å². The smallest absolute Gasteiger partial charge is 0.338 e. The standard InChI is InChI=1S/C18H19FN2O5S/c1-11-4-5-13(18(23)26-12(2)17(22)20-3)10-16(11)27(24,25)21-15-8-6-14(19)7-9-15/h4-10,12,21H,1-3H3,(H,20,22)/t12-/m1/s1. The van der Waals surface area contributed by atoms with Crippen molar-refractivity contribution >= 4 is 27.6 Å². The summed E-state index contributed by atoms with van der Waals surface area (Å²) in [6, 6.07) is 8.85. The molecule has 0 fully saturated rings. The Morgan fingerprint density at radius 1 is 1.11 bits per heavy atom. The predicted molar refractivity (Wildman–Crippen MR) is 97.3 cm³/mol. The van der Waals surface area contributed by atoms with Crippen LogP contribution in [0.2, 0.25) is 0 Å². The van der Waals surface area contributed by atoms with Crippen molar-refractivity contribution in [2.24, 2.45) is 0 Å². The number of benzene rings is 2. The quantitative estimate of drug-likeness (QED) is 0.732. The maximum absolute atomic E-state index is 13.0. The number of ether oxygens (including phenoxy) is 1. The zero-order chi connectivity index (χ0) is 20.2. The largest absolute Gasteiger partial charge is 0.449 e. The second kappa shape index (κ2) is 8.17. The first kappa shape index (κ1) is 20.4. The summed E-state index contributed by atoms with van der Waals surface area (Å²) in [5, 5.41) is 2.35. The number of sulfonamides is 1. The van der Waals surface area contributed by atoms with E-state index in [1.54, 1.807) is 6.92 Å². The number of aryl methyl sites for hydroxylation is 1. The molecule has 0 aliphatic heterocycles. The van der Waals surface area contributed by atoms with E-state index in [0.717, 1.165) is 12.1 Å². The van der Waals surface area contributed by atoms with Crippen molar-refractivity contribution in [1.29, 1.82) is 0 Å². The second-order valence-electron chi connectivity index (χ2n) is 5.75. The van der Waals surface area contributed by atoms with Gasteiger partial charge in [-0.1, -0.05) is 6.07 Å². The first-order chi connectivity index (χ1) is 12.6. The third kappa shape index (κ3) is 5.04. The number of hydrogen-bond donors (Lipinski definition) is 2. The molecule has 0 aliphatic rings. The minimum Gasteiger partial charge on any atom is -0.449 e. The molecule has 2 aromatic rings. The lowest BCUT2D eigenvalue weighted by atomic mass is 10.1. The van der Waals surface area contributed by atoms with Crippen LogP contribution in [0.5, 0.6) is 0 Å². The first-order valence-corrected chi connectivity index (χ1v) is 9.44. The van der Waals surface area contributed by atoms with Gasteiger partial charge >= 0.3 is 5.97 Å². The molecule has 0 unspecified atom stereocenters. The number of halogens is 1. The second-order valence-corrected chi connectivity index (χ2v) is 7.41. The maximum atomic E-state index is 13.0. The molecule has 0 saturated carbocycles. The highest BCUT2D eigenvalue weighted by Crippen LogP contribution is 2.21. The average Bonchev–Trinajstić information content (AvgIpc) is 2.62. The topological polar surface area (TPSA) is 102 Å². The van der Waals surface area contributed by atoms with E-state index in [1.165, 1.54) is 44.3 Å². The van der Waals surface area contributed by atoms with Crippen LogP contribution in [0.15, 0.2) is 47.4 Å². The molecule has 27 heavy (non-hydrogen) atoms. The number of anilines is 1. The van der Waals surface area contributed by atoms with Gasteiger partial charge in [0.05, 0.1) is 10.5 Å². The average molecular weight is 394 g/mol. The molecule has 1 atom stereocenters. The van der Waals surface area contributed by atoms with E-state index in [0.29, 0.717) is 5.56 Å². The summed E-state index contributed by atoms with van der Waals surface area (Å²) in [6.45, 7) is 2.97. The van der Waals surface area contributed by atoms with Crippen molar-refractivity contribution in [3.63, 3.8) is 0 Å². The number of amides is 1. The van der Waals surface area contributed by atoms with Crippen molar-refractivity contribution in [2.45, 2.75) is 24.8 Å². The summed E-state index contributed by atoms with van der Waals surface area (Å²) in [5.41, 5.74) is 0.563. The molecule has 9 heteroatoms. The van der Waals surface area contributed by atoms with Gasteiger partial charge in [-0.3, -0.25) is 9.52 Å². The molecule has 2 rings (SSSR count). The van der Waals surface area contributed by atoms with E-state index in [9.17, 15) is 22.4 Å². The number of hydrogen-bond acceptors (Lipinski definition) is 5. The molecule has 144 valence electrons. The van der Waals surface area contributed by atoms with E-state index >= 15 is 0 Å². The lowest BCUT2D eigenvalue weighted by molar-refractivity contribution is -0.128. The van der Waals surface area contributed by atoms with Gasteiger partial charge in [0.2, 0.25) is 0 Å². The van der Waals surface area contributed by atoms with E-state index < -0.39 is 33.8 Å². The zero-order valence-electron chi connectivity index (χ0n) is 14.9. The summed E-state index contributed by atoms with van der Waals surface area (Å²) in [7, 11) is -2.61. The summed E-state index contributed by atoms with van der Waals surface area (Å²) in [6.07, 6.45) is -1.03. The van der Waals surface area contributed by atoms with Gasteiger partial charge in [-0.2, -0.15) is 0 Å². The monoisotopic (exact) mass is 394 g/mol. The number of esters is 1. The Morgan fingerprint density at radius 2 is 1.74 bits per heavy atom. The Bertz CT molecular complexity index is 958. The highest BCUT2D eigenvalue weighted by atomic mass is 32.2. The molecule has 0 bridgehead atoms. The number of nitrogens with one attached hydrogen (secondary N) is 2. The third-order valence-electron chi connectivity index (χ3n) is 3.71. The Hall–Kier alpha value is -2.94. The molecular formula is C18H19FN2O5S. The highest BCUT2D eigenvalue weighted by Gasteiger charge is 2.22. The summed E-state index contributed by atoms with van der Waals surface area (Å²) in [4.78, 5) is 23.5. The van der Waals surface area contributed by atoms with Gasteiger partial charge in [-0.15, -0.1) is 0 Å². The van der Waals surface area contributed by atoms with Crippen LogP contribution in [0.4, 0.5) is 10.1 Å². The van der Waals surface area contributed by atoms with Crippen LogP contribution in [0.1, 0.15) is 22.8 Å². The van der Waals surface area contributed by atoms with Crippen LogP contribution in [0.25, 0.3) is 0 Å². The molecule has 2 N–H and O–H groups in total. The van der Waals surface area contributed by atoms with E-state index in [1.807, 2.05) is 0 Å². The van der Waals surface area contributed by atoms with Crippen molar-refractivity contribution in [1.82, 2.24) is 5.32 Å². The van der Waals surface area contributed by atoms with E-state index in [-0.39, 0.29) is 16.1 Å². The van der Waals surface area contributed by atoms with E-state index in [4.69, 9.17) is 4.74 Å². The number of likely N-dealkylation sites (N-methyl/N-ethyl adjacent to an activating group) is 1. The van der Waals surface area contributed by atoms with E-state index in [2.05, 4.69) is 10.0 Å². The molecule has 0 radical (unpaired) electrons. The normalized spacial score (nSPS) is 12.1. The molecule has 0 heterocycles. The fourth-order valence-electron chi connectivity index (χ4n) is 2.23. The van der Waals surface area contributed by atoms with Crippen LogP contribution in [0.3, 0.4) is 0 Å². The predicted octanol–water partition coefficient (Wildman–Crippen LogP) is 2.23. The van der Waals surface area contributed by atoms with Crippen molar-refractivity contribution in [2.75, 3.05) is 11.8 Å². The molecule has 0 aliphatic carbocycles. The van der Waals surface area contributed by atoms with Crippen LogP contribution in [-0.2, 0) is 19.6 Å². The molecule has 0 aromatic heterocycles.